The second-order valence-electron chi connectivity index (χ2n) is 5.34. The highest BCUT2D eigenvalue weighted by molar-refractivity contribution is 7.93. The summed E-state index contributed by atoms with van der Waals surface area (Å²) in [5.74, 6) is 4.72. The van der Waals surface area contributed by atoms with E-state index in [1.165, 1.54) is 44.6 Å². The second-order valence-corrected chi connectivity index (χ2v) is 7.17. The van der Waals surface area contributed by atoms with Gasteiger partial charge in [0, 0.05) is 12.1 Å². The minimum absolute atomic E-state index is 0.0231. The summed E-state index contributed by atoms with van der Waals surface area (Å²) in [6.45, 7) is -0.729. The van der Waals surface area contributed by atoms with Crippen LogP contribution in [0.15, 0.2) is 47.4 Å². The topological polar surface area (TPSA) is 154 Å². The third-order valence-corrected chi connectivity index (χ3v) is 5.54. The summed E-state index contributed by atoms with van der Waals surface area (Å²) >= 11 is 0. The SMILES string of the molecule is COc1ccc(N(CC(=O)NN)S(=O)(=O)c2ccccc2[N+](=O)[O-])c(OC)c1. The number of carbonyl (C=O) groups excluding carboxylic acids is 1. The molecule has 0 radical (unpaired) electrons. The summed E-state index contributed by atoms with van der Waals surface area (Å²) in [5, 5.41) is 11.3. The number of anilines is 1. The monoisotopic (exact) mass is 410 g/mol. The molecule has 0 saturated carbocycles. The van der Waals surface area contributed by atoms with Gasteiger partial charge in [-0.1, -0.05) is 12.1 Å². The van der Waals surface area contributed by atoms with E-state index in [1.54, 1.807) is 0 Å². The van der Waals surface area contributed by atoms with Gasteiger partial charge in [-0.05, 0) is 18.2 Å². The molecule has 1 amide bonds. The summed E-state index contributed by atoms with van der Waals surface area (Å²) in [6, 6.07) is 9.04. The average molecular weight is 410 g/mol. The lowest BCUT2D eigenvalue weighted by Crippen LogP contribution is -2.43. The van der Waals surface area contributed by atoms with Gasteiger partial charge >= 0.3 is 0 Å². The normalized spacial score (nSPS) is 10.8. The minimum Gasteiger partial charge on any atom is -0.497 e. The third-order valence-electron chi connectivity index (χ3n) is 3.73. The second kappa shape index (κ2) is 8.54. The molecule has 28 heavy (non-hydrogen) atoms. The van der Waals surface area contributed by atoms with E-state index in [2.05, 4.69) is 0 Å². The van der Waals surface area contributed by atoms with Crippen LogP contribution < -0.4 is 25.0 Å². The van der Waals surface area contributed by atoms with Crippen LogP contribution in [0.4, 0.5) is 11.4 Å². The van der Waals surface area contributed by atoms with Gasteiger partial charge in [0.1, 0.15) is 18.0 Å². The molecular weight excluding hydrogens is 392 g/mol. The zero-order valence-electron chi connectivity index (χ0n) is 15.0. The van der Waals surface area contributed by atoms with Crippen LogP contribution in [-0.2, 0) is 14.8 Å². The summed E-state index contributed by atoms with van der Waals surface area (Å²) in [5.41, 5.74) is 1.19. The van der Waals surface area contributed by atoms with Gasteiger partial charge in [-0.3, -0.25) is 24.6 Å². The average Bonchev–Trinajstić information content (AvgIpc) is 2.71. The van der Waals surface area contributed by atoms with Crippen LogP contribution in [0.5, 0.6) is 11.5 Å². The lowest BCUT2D eigenvalue weighted by molar-refractivity contribution is -0.387. The van der Waals surface area contributed by atoms with E-state index in [-0.39, 0.29) is 11.4 Å². The molecule has 0 saturated heterocycles. The van der Waals surface area contributed by atoms with Crippen molar-refractivity contribution in [3.8, 4) is 11.5 Å². The van der Waals surface area contributed by atoms with Crippen molar-refractivity contribution in [3.63, 3.8) is 0 Å². The van der Waals surface area contributed by atoms with Crippen molar-refractivity contribution in [2.24, 2.45) is 5.84 Å². The number of benzene rings is 2. The molecule has 2 rings (SSSR count). The van der Waals surface area contributed by atoms with Gasteiger partial charge in [0.15, 0.2) is 4.90 Å². The molecule has 2 aromatic carbocycles. The molecule has 12 heteroatoms. The van der Waals surface area contributed by atoms with Crippen molar-refractivity contribution in [2.75, 3.05) is 25.1 Å². The smallest absolute Gasteiger partial charge is 0.289 e. The summed E-state index contributed by atoms with van der Waals surface area (Å²) in [4.78, 5) is 21.8. The zero-order chi connectivity index (χ0) is 20.9. The predicted octanol–water partition coefficient (Wildman–Crippen LogP) is 0.797. The molecular formula is C16H18N4O7S. The largest absolute Gasteiger partial charge is 0.497 e. The number of nitro benzene ring substituents is 1. The first-order valence-electron chi connectivity index (χ1n) is 7.74. The van der Waals surface area contributed by atoms with E-state index < -0.39 is 38.0 Å². The highest BCUT2D eigenvalue weighted by atomic mass is 32.2. The molecule has 11 nitrogen and oxygen atoms in total. The number of para-hydroxylation sites is 1. The number of ether oxygens (including phenoxy) is 2. The van der Waals surface area contributed by atoms with Crippen LogP contribution in [-0.4, -0.2) is 40.0 Å². The molecule has 0 unspecified atom stereocenters. The number of hydrogen-bond donors (Lipinski definition) is 2. The number of sulfonamides is 1. The molecule has 0 fully saturated rings. The molecule has 0 heterocycles. The van der Waals surface area contributed by atoms with Crippen molar-refractivity contribution in [1.29, 1.82) is 0 Å². The summed E-state index contributed by atoms with van der Waals surface area (Å²) < 4.78 is 37.5. The van der Waals surface area contributed by atoms with Crippen LogP contribution >= 0.6 is 0 Å². The lowest BCUT2D eigenvalue weighted by Gasteiger charge is -2.25. The van der Waals surface area contributed by atoms with Gasteiger partial charge in [-0.2, -0.15) is 0 Å². The fourth-order valence-electron chi connectivity index (χ4n) is 2.41. The van der Waals surface area contributed by atoms with Crippen LogP contribution in [0.25, 0.3) is 0 Å². The Morgan fingerprint density at radius 1 is 1.21 bits per heavy atom. The summed E-state index contributed by atoms with van der Waals surface area (Å²) in [6.07, 6.45) is 0. The van der Waals surface area contributed by atoms with Crippen LogP contribution in [0.2, 0.25) is 0 Å². The van der Waals surface area contributed by atoms with Crippen molar-refractivity contribution in [2.45, 2.75) is 4.90 Å². The van der Waals surface area contributed by atoms with E-state index in [4.69, 9.17) is 15.3 Å². The van der Waals surface area contributed by atoms with E-state index >= 15 is 0 Å². The maximum Gasteiger partial charge on any atom is 0.289 e. The number of nitrogens with zero attached hydrogens (tertiary/aromatic N) is 2. The first-order valence-corrected chi connectivity index (χ1v) is 9.18. The number of rotatable bonds is 8. The van der Waals surface area contributed by atoms with E-state index in [0.29, 0.717) is 10.1 Å². The molecule has 2 aromatic rings. The van der Waals surface area contributed by atoms with Crippen molar-refractivity contribution >= 4 is 27.3 Å². The standard InChI is InChI=1S/C16H18N4O7S/c1-26-11-7-8-12(14(9-11)27-2)19(10-16(21)18-17)28(24,25)15-6-4-3-5-13(15)20(22)23/h3-9H,10,17H2,1-2H3,(H,18,21). The van der Waals surface area contributed by atoms with Gasteiger partial charge in [0.05, 0.1) is 24.8 Å². The number of nitro groups is 1. The highest BCUT2D eigenvalue weighted by Gasteiger charge is 2.34. The van der Waals surface area contributed by atoms with Gasteiger partial charge < -0.3 is 9.47 Å². The number of carbonyl (C=O) groups is 1. The Morgan fingerprint density at radius 2 is 1.89 bits per heavy atom. The third kappa shape index (κ3) is 4.13. The number of amides is 1. The highest BCUT2D eigenvalue weighted by Crippen LogP contribution is 2.37. The number of hydrazine groups is 1. The number of nitrogens with one attached hydrogen (secondary N) is 1. The Hall–Kier alpha value is -3.38. The molecule has 3 N–H and O–H groups in total. The fourth-order valence-corrected chi connectivity index (χ4v) is 4.00. The van der Waals surface area contributed by atoms with Crippen LogP contribution in [0.1, 0.15) is 0 Å². The zero-order valence-corrected chi connectivity index (χ0v) is 15.8. The maximum atomic E-state index is 13.2. The Labute approximate surface area is 160 Å². The molecule has 0 aliphatic carbocycles. The number of methoxy groups -OCH3 is 2. The Bertz CT molecular complexity index is 994. The van der Waals surface area contributed by atoms with Crippen molar-refractivity contribution in [3.05, 3.63) is 52.6 Å². The van der Waals surface area contributed by atoms with Gasteiger partial charge in [-0.15, -0.1) is 0 Å². The number of hydrogen-bond acceptors (Lipinski definition) is 8. The van der Waals surface area contributed by atoms with E-state index in [0.717, 1.165) is 12.1 Å². The fraction of sp³-hybridized carbons (Fsp3) is 0.188. The molecule has 0 aliphatic rings. The summed E-state index contributed by atoms with van der Waals surface area (Å²) in [7, 11) is -1.82. The molecule has 150 valence electrons. The predicted molar refractivity (Wildman–Crippen MR) is 99.5 cm³/mol. The van der Waals surface area contributed by atoms with Gasteiger partial charge in [0.2, 0.25) is 0 Å². The molecule has 0 spiro atoms. The van der Waals surface area contributed by atoms with Gasteiger partial charge in [0.25, 0.3) is 21.6 Å². The quantitative estimate of drug-likeness (QED) is 0.280. The molecule has 0 aromatic heterocycles. The van der Waals surface area contributed by atoms with Crippen molar-refractivity contribution < 1.29 is 27.6 Å². The van der Waals surface area contributed by atoms with Crippen LogP contribution in [0.3, 0.4) is 0 Å². The van der Waals surface area contributed by atoms with E-state index in [9.17, 15) is 23.3 Å². The molecule has 0 bridgehead atoms. The maximum absolute atomic E-state index is 13.2. The lowest BCUT2D eigenvalue weighted by atomic mass is 10.2. The number of nitrogens with two attached hydrogens (primary N) is 1. The first-order chi connectivity index (χ1) is 13.3. The van der Waals surface area contributed by atoms with Crippen molar-refractivity contribution in [1.82, 2.24) is 5.43 Å². The Kier molecular flexibility index (Phi) is 6.38. The first kappa shape index (κ1) is 20.9. The minimum atomic E-state index is -4.53. The molecule has 0 aliphatic heterocycles. The van der Waals surface area contributed by atoms with Crippen LogP contribution in [0, 0.1) is 10.1 Å². The Morgan fingerprint density at radius 3 is 2.46 bits per heavy atom. The van der Waals surface area contributed by atoms with Gasteiger partial charge in [-0.25, -0.2) is 14.3 Å². The molecule has 0 atom stereocenters. The Balaban J connectivity index is 2.71. The van der Waals surface area contributed by atoms with E-state index in [1.807, 2.05) is 5.43 Å².